The third-order valence-electron chi connectivity index (χ3n) is 5.35. The smallest absolute Gasteiger partial charge is 0.196 e. The number of azo groups is 1. The van der Waals surface area contributed by atoms with Gasteiger partial charge in [-0.15, -0.1) is 0 Å². The van der Waals surface area contributed by atoms with E-state index >= 15 is 0 Å². The maximum Gasteiger partial charge on any atom is 0.196 e. The van der Waals surface area contributed by atoms with Gasteiger partial charge in [0.2, 0.25) is 0 Å². The fraction of sp³-hybridized carbons (Fsp3) is 0.250. The summed E-state index contributed by atoms with van der Waals surface area (Å²) < 4.78 is 4.13. The van der Waals surface area contributed by atoms with Gasteiger partial charge in [0.1, 0.15) is 12.9 Å². The standard InChI is InChI=1S/C24H27N6/c1-5-30(6-2)21-13-11-20(12-14-21)27-26-19-9-7-18(8-10-19)24-25-22-17-28(3)16-15-23(22)29(24)4/h7-17H,5-6H2,1-4H3/q+1. The first-order valence-corrected chi connectivity index (χ1v) is 10.3. The summed E-state index contributed by atoms with van der Waals surface area (Å²) in [4.78, 5) is 7.09. The topological polar surface area (TPSA) is 49.7 Å². The van der Waals surface area contributed by atoms with Crippen molar-refractivity contribution in [2.45, 2.75) is 13.8 Å². The van der Waals surface area contributed by atoms with Crippen LogP contribution in [-0.2, 0) is 14.1 Å². The third-order valence-corrected chi connectivity index (χ3v) is 5.35. The van der Waals surface area contributed by atoms with Crippen molar-refractivity contribution < 1.29 is 4.57 Å². The Kier molecular flexibility index (Phi) is 5.57. The highest BCUT2D eigenvalue weighted by Crippen LogP contribution is 2.26. The van der Waals surface area contributed by atoms with E-state index in [9.17, 15) is 0 Å². The summed E-state index contributed by atoms with van der Waals surface area (Å²) in [5.74, 6) is 0.937. The van der Waals surface area contributed by atoms with Crippen molar-refractivity contribution in [1.29, 1.82) is 0 Å². The number of nitrogens with zero attached hydrogens (tertiary/aromatic N) is 6. The van der Waals surface area contributed by atoms with Gasteiger partial charge in [-0.05, 0) is 62.4 Å². The Balaban J connectivity index is 1.52. The van der Waals surface area contributed by atoms with Crippen LogP contribution in [0.1, 0.15) is 13.8 Å². The molecule has 0 aliphatic carbocycles. The molecule has 0 aliphatic heterocycles. The number of aromatic nitrogens is 3. The second-order valence-corrected chi connectivity index (χ2v) is 7.31. The Morgan fingerprint density at radius 2 is 1.50 bits per heavy atom. The predicted octanol–water partition coefficient (Wildman–Crippen LogP) is 5.33. The number of rotatable bonds is 6. The molecule has 0 aliphatic rings. The number of imidazole rings is 1. The van der Waals surface area contributed by atoms with Crippen LogP contribution in [0.25, 0.3) is 22.4 Å². The van der Waals surface area contributed by atoms with Crippen molar-refractivity contribution in [1.82, 2.24) is 9.55 Å². The number of pyridine rings is 1. The summed E-state index contributed by atoms with van der Waals surface area (Å²) >= 11 is 0. The van der Waals surface area contributed by atoms with Gasteiger partial charge < -0.3 is 9.47 Å². The minimum atomic E-state index is 0.816. The molecule has 4 rings (SSSR count). The fourth-order valence-corrected chi connectivity index (χ4v) is 3.62. The molecule has 2 aromatic carbocycles. The Bertz CT molecular complexity index is 1170. The van der Waals surface area contributed by atoms with Gasteiger partial charge in [-0.25, -0.2) is 9.55 Å². The highest BCUT2D eigenvalue weighted by Gasteiger charge is 2.12. The molecule has 0 spiro atoms. The molecule has 0 radical (unpaired) electrons. The molecule has 0 fully saturated rings. The predicted molar refractivity (Wildman–Crippen MR) is 122 cm³/mol. The van der Waals surface area contributed by atoms with Crippen LogP contribution in [0.4, 0.5) is 17.1 Å². The molecule has 0 amide bonds. The minimum Gasteiger partial charge on any atom is -0.372 e. The monoisotopic (exact) mass is 399 g/mol. The van der Waals surface area contributed by atoms with Crippen LogP contribution in [0.5, 0.6) is 0 Å². The Morgan fingerprint density at radius 3 is 2.10 bits per heavy atom. The van der Waals surface area contributed by atoms with Crippen molar-refractivity contribution in [2.24, 2.45) is 24.3 Å². The first-order valence-electron chi connectivity index (χ1n) is 10.3. The van der Waals surface area contributed by atoms with E-state index in [0.717, 1.165) is 46.9 Å². The minimum absolute atomic E-state index is 0.816. The number of hydrogen-bond acceptors (Lipinski definition) is 4. The molecule has 2 aromatic heterocycles. The quantitative estimate of drug-likeness (QED) is 0.325. The molecule has 0 bridgehead atoms. The lowest BCUT2D eigenvalue weighted by Gasteiger charge is -2.20. The summed E-state index contributed by atoms with van der Waals surface area (Å²) in [5, 5.41) is 8.76. The van der Waals surface area contributed by atoms with Crippen LogP contribution in [0.15, 0.2) is 77.2 Å². The van der Waals surface area contributed by atoms with Crippen molar-refractivity contribution in [3.05, 3.63) is 67.0 Å². The van der Waals surface area contributed by atoms with Gasteiger partial charge in [-0.2, -0.15) is 10.2 Å². The molecule has 6 nitrogen and oxygen atoms in total. The molecule has 6 heteroatoms. The van der Waals surface area contributed by atoms with E-state index < -0.39 is 0 Å². The number of benzene rings is 2. The van der Waals surface area contributed by atoms with E-state index in [-0.39, 0.29) is 0 Å². The lowest BCUT2D eigenvalue weighted by Crippen LogP contribution is -2.25. The number of hydrogen-bond donors (Lipinski definition) is 0. The zero-order chi connectivity index (χ0) is 21.1. The van der Waals surface area contributed by atoms with Gasteiger partial charge in [0, 0.05) is 37.5 Å². The highest BCUT2D eigenvalue weighted by molar-refractivity contribution is 5.79. The van der Waals surface area contributed by atoms with Gasteiger partial charge >= 0.3 is 0 Å². The average molecular weight is 400 g/mol. The van der Waals surface area contributed by atoms with Crippen LogP contribution in [0, 0.1) is 0 Å². The van der Waals surface area contributed by atoms with Crippen molar-refractivity contribution in [2.75, 3.05) is 18.0 Å². The lowest BCUT2D eigenvalue weighted by atomic mass is 10.2. The van der Waals surface area contributed by atoms with Crippen LogP contribution in [0.2, 0.25) is 0 Å². The fourth-order valence-electron chi connectivity index (χ4n) is 3.62. The van der Waals surface area contributed by atoms with Gasteiger partial charge in [-0.3, -0.25) is 0 Å². The zero-order valence-corrected chi connectivity index (χ0v) is 17.9. The molecule has 0 unspecified atom stereocenters. The molecule has 4 aromatic rings. The normalized spacial score (nSPS) is 11.5. The van der Waals surface area contributed by atoms with Crippen LogP contribution >= 0.6 is 0 Å². The van der Waals surface area contributed by atoms with Gasteiger partial charge in [-0.1, -0.05) is 0 Å². The van der Waals surface area contributed by atoms with Crippen LogP contribution < -0.4 is 9.47 Å². The summed E-state index contributed by atoms with van der Waals surface area (Å²) in [6, 6.07) is 18.3. The molecule has 0 saturated heterocycles. The second-order valence-electron chi connectivity index (χ2n) is 7.31. The summed E-state index contributed by atoms with van der Waals surface area (Å²) in [7, 11) is 4.05. The zero-order valence-electron chi connectivity index (χ0n) is 17.9. The first kappa shape index (κ1) is 19.8. The van der Waals surface area contributed by atoms with E-state index in [0.29, 0.717) is 0 Å². The Hall–Kier alpha value is -3.54. The van der Waals surface area contributed by atoms with Crippen molar-refractivity contribution in [3.8, 4) is 11.4 Å². The van der Waals surface area contributed by atoms with E-state index in [1.165, 1.54) is 5.69 Å². The van der Waals surface area contributed by atoms with Crippen LogP contribution in [0.3, 0.4) is 0 Å². The summed E-state index contributed by atoms with van der Waals surface area (Å²) in [6.45, 7) is 6.31. The molecular weight excluding hydrogens is 372 g/mol. The molecule has 0 atom stereocenters. The molecule has 0 saturated carbocycles. The molecular formula is C24H27N6+. The van der Waals surface area contributed by atoms with E-state index in [2.05, 4.69) is 51.7 Å². The highest BCUT2D eigenvalue weighted by atomic mass is 15.1. The summed E-state index contributed by atoms with van der Waals surface area (Å²) in [6.07, 6.45) is 4.07. The SMILES string of the molecule is CCN(CC)c1ccc(N=Nc2ccc(-c3nc4c[n+](C)ccc4n3C)cc2)cc1. The molecule has 30 heavy (non-hydrogen) atoms. The van der Waals surface area contributed by atoms with Crippen LogP contribution in [-0.4, -0.2) is 22.6 Å². The van der Waals surface area contributed by atoms with Crippen molar-refractivity contribution in [3.63, 3.8) is 0 Å². The average Bonchev–Trinajstić information content (AvgIpc) is 3.10. The molecule has 0 N–H and O–H groups in total. The van der Waals surface area contributed by atoms with Gasteiger partial charge in [0.15, 0.2) is 17.9 Å². The second kappa shape index (κ2) is 8.45. The Morgan fingerprint density at radius 1 is 0.900 bits per heavy atom. The van der Waals surface area contributed by atoms with Gasteiger partial charge in [0.25, 0.3) is 0 Å². The number of anilines is 1. The van der Waals surface area contributed by atoms with E-state index in [1.807, 2.05) is 67.5 Å². The number of fused-ring (bicyclic) bond motifs is 1. The maximum atomic E-state index is 4.79. The van der Waals surface area contributed by atoms with Crippen molar-refractivity contribution >= 4 is 28.1 Å². The number of aryl methyl sites for hydroxylation is 2. The lowest BCUT2D eigenvalue weighted by molar-refractivity contribution is -0.670. The van der Waals surface area contributed by atoms with E-state index in [4.69, 9.17) is 4.98 Å². The largest absolute Gasteiger partial charge is 0.372 e. The molecule has 152 valence electrons. The van der Waals surface area contributed by atoms with E-state index in [1.54, 1.807) is 0 Å². The first-order chi connectivity index (χ1) is 14.6. The summed E-state index contributed by atoms with van der Waals surface area (Å²) in [5.41, 5.74) is 6.02. The van der Waals surface area contributed by atoms with Gasteiger partial charge in [0.05, 0.1) is 16.9 Å². The maximum absolute atomic E-state index is 4.79. The molecule has 2 heterocycles. The third kappa shape index (κ3) is 3.94. The Labute approximate surface area is 177 Å².